The lowest BCUT2D eigenvalue weighted by Crippen LogP contribution is -2.44. The quantitative estimate of drug-likeness (QED) is 0.527. The van der Waals surface area contributed by atoms with E-state index in [9.17, 15) is 9.90 Å². The maximum absolute atomic E-state index is 13.4. The number of aliphatic hydroxyl groups is 1. The molecule has 0 heterocycles. The van der Waals surface area contributed by atoms with Crippen molar-refractivity contribution in [2.45, 2.75) is 92.6 Å². The summed E-state index contributed by atoms with van der Waals surface area (Å²) in [5, 5.41) is 10.2. The molecular weight excluding hydrogens is 368 g/mol. The number of carbonyl (C=O) groups excluding carboxylic acids is 1. The number of aliphatic hydroxyl groups excluding tert-OH is 1. The Bertz CT molecular complexity index is 799. The molecule has 1 N–H and O–H groups in total. The van der Waals surface area contributed by atoms with Gasteiger partial charge < -0.3 is 5.11 Å². The van der Waals surface area contributed by atoms with Crippen LogP contribution in [0, 0.1) is 40.4 Å². The molecule has 0 aromatic heterocycles. The second kappa shape index (κ2) is 7.76. The van der Waals surface area contributed by atoms with Gasteiger partial charge in [0.25, 0.3) is 0 Å². The van der Waals surface area contributed by atoms with Crippen LogP contribution >= 0.6 is 0 Å². The Kier molecular flexibility index (Phi) is 5.71. The van der Waals surface area contributed by atoms with E-state index < -0.39 is 0 Å². The molecule has 0 aromatic rings. The van der Waals surface area contributed by atoms with Crippen LogP contribution in [-0.4, -0.2) is 17.0 Å². The van der Waals surface area contributed by atoms with Gasteiger partial charge in [-0.15, -0.1) is 0 Å². The standard InChI is InChI=1S/C28H42O2/c1-17(2)18(3)7-8-19(4)22-9-10-23-26-24(12-14-28(22,23)6)27(5)13-11-21(29)15-20(27)16-25(26)30/h7-8,16-19,21-23,29H,9-15H2,1-6H3/b8-7+/t18-,19-,21+,22?,23?,27+,28-/m1/s1. The third-order valence-corrected chi connectivity index (χ3v) is 9.78. The minimum Gasteiger partial charge on any atom is -0.393 e. The molecule has 2 heteroatoms. The van der Waals surface area contributed by atoms with Crippen molar-refractivity contribution in [2.75, 3.05) is 0 Å². The van der Waals surface area contributed by atoms with E-state index in [2.05, 4.69) is 53.7 Å². The summed E-state index contributed by atoms with van der Waals surface area (Å²) in [6.45, 7) is 14.1. The van der Waals surface area contributed by atoms with Crippen molar-refractivity contribution in [1.29, 1.82) is 0 Å². The molecule has 2 nitrogen and oxygen atoms in total. The molecule has 0 spiro atoms. The van der Waals surface area contributed by atoms with Crippen LogP contribution in [0.1, 0.15) is 86.5 Å². The zero-order valence-corrected chi connectivity index (χ0v) is 20.0. The van der Waals surface area contributed by atoms with Crippen molar-refractivity contribution in [3.8, 4) is 0 Å². The van der Waals surface area contributed by atoms with Crippen LogP contribution < -0.4 is 0 Å². The third-order valence-electron chi connectivity index (χ3n) is 9.78. The van der Waals surface area contributed by atoms with E-state index in [1.54, 1.807) is 0 Å². The van der Waals surface area contributed by atoms with Crippen molar-refractivity contribution < 1.29 is 9.90 Å². The molecule has 0 amide bonds. The molecule has 0 aliphatic heterocycles. The van der Waals surface area contributed by atoms with E-state index in [4.69, 9.17) is 0 Å². The monoisotopic (exact) mass is 410 g/mol. The average Bonchev–Trinajstić information content (AvgIpc) is 3.04. The second-order valence-electron chi connectivity index (χ2n) is 11.7. The SMILES string of the molecule is CC(C)[C@H](C)/C=C/[C@@H](C)C1CCC2C3=C(CC[C@@]21C)[C@@]1(C)CC[C@H](O)CC1=CC3=O. The van der Waals surface area contributed by atoms with Gasteiger partial charge in [-0.3, -0.25) is 4.79 Å². The molecule has 7 atom stereocenters. The zero-order valence-electron chi connectivity index (χ0n) is 20.0. The van der Waals surface area contributed by atoms with Gasteiger partial charge in [-0.05, 0) is 86.0 Å². The normalized spacial score (nSPS) is 40.9. The summed E-state index contributed by atoms with van der Waals surface area (Å²) in [6, 6.07) is 0. The highest BCUT2D eigenvalue weighted by atomic mass is 16.3. The molecule has 0 bridgehead atoms. The molecule has 2 unspecified atom stereocenters. The van der Waals surface area contributed by atoms with Gasteiger partial charge in [0.15, 0.2) is 5.78 Å². The Hall–Kier alpha value is -1.15. The molecule has 2 saturated carbocycles. The summed E-state index contributed by atoms with van der Waals surface area (Å²) >= 11 is 0. The van der Waals surface area contributed by atoms with E-state index in [-0.39, 0.29) is 22.7 Å². The molecule has 4 rings (SSSR count). The van der Waals surface area contributed by atoms with Crippen LogP contribution in [0.25, 0.3) is 0 Å². The second-order valence-corrected chi connectivity index (χ2v) is 11.7. The minimum atomic E-state index is -0.273. The topological polar surface area (TPSA) is 37.3 Å². The fourth-order valence-corrected chi connectivity index (χ4v) is 7.30. The molecule has 0 aromatic carbocycles. The summed E-state index contributed by atoms with van der Waals surface area (Å²) in [5.41, 5.74) is 4.06. The van der Waals surface area contributed by atoms with Crippen LogP contribution in [0.2, 0.25) is 0 Å². The van der Waals surface area contributed by atoms with E-state index in [1.807, 2.05) is 6.08 Å². The maximum atomic E-state index is 13.4. The summed E-state index contributed by atoms with van der Waals surface area (Å²) in [6.07, 6.45) is 13.7. The van der Waals surface area contributed by atoms with Crippen molar-refractivity contribution in [1.82, 2.24) is 0 Å². The van der Waals surface area contributed by atoms with Crippen molar-refractivity contribution in [3.05, 3.63) is 34.9 Å². The first kappa shape index (κ1) is 22.1. The van der Waals surface area contributed by atoms with Crippen LogP contribution in [0.3, 0.4) is 0 Å². The summed E-state index contributed by atoms with van der Waals surface area (Å²) in [7, 11) is 0. The molecule has 0 saturated heterocycles. The third kappa shape index (κ3) is 3.38. The Morgan fingerprint density at radius 1 is 1.07 bits per heavy atom. The summed E-state index contributed by atoms with van der Waals surface area (Å²) in [5.74, 6) is 3.19. The summed E-state index contributed by atoms with van der Waals surface area (Å²) in [4.78, 5) is 13.4. The number of ketones is 1. The highest BCUT2D eigenvalue weighted by molar-refractivity contribution is 6.07. The van der Waals surface area contributed by atoms with Gasteiger partial charge in [0.05, 0.1) is 6.10 Å². The molecule has 4 aliphatic carbocycles. The van der Waals surface area contributed by atoms with E-state index in [0.717, 1.165) is 25.7 Å². The lowest BCUT2D eigenvalue weighted by atomic mass is 9.53. The number of hydrogen-bond acceptors (Lipinski definition) is 2. The zero-order chi connectivity index (χ0) is 21.8. The maximum Gasteiger partial charge on any atom is 0.182 e. The first-order valence-electron chi connectivity index (χ1n) is 12.4. The molecule has 2 fully saturated rings. The fourth-order valence-electron chi connectivity index (χ4n) is 7.30. The highest BCUT2D eigenvalue weighted by Crippen LogP contribution is 2.64. The molecule has 166 valence electrons. The predicted molar refractivity (Wildman–Crippen MR) is 124 cm³/mol. The van der Waals surface area contributed by atoms with E-state index >= 15 is 0 Å². The average molecular weight is 411 g/mol. The molecule has 4 aliphatic rings. The van der Waals surface area contributed by atoms with Crippen molar-refractivity contribution >= 4 is 5.78 Å². The largest absolute Gasteiger partial charge is 0.393 e. The summed E-state index contributed by atoms with van der Waals surface area (Å²) < 4.78 is 0. The van der Waals surface area contributed by atoms with Crippen LogP contribution in [0.4, 0.5) is 0 Å². The number of rotatable bonds is 4. The van der Waals surface area contributed by atoms with E-state index in [1.165, 1.54) is 29.6 Å². The van der Waals surface area contributed by atoms with Crippen LogP contribution in [0.15, 0.2) is 34.9 Å². The van der Waals surface area contributed by atoms with Gasteiger partial charge in [0.1, 0.15) is 0 Å². The Balaban J connectivity index is 1.62. The van der Waals surface area contributed by atoms with Crippen LogP contribution in [-0.2, 0) is 4.79 Å². The Morgan fingerprint density at radius 2 is 1.80 bits per heavy atom. The van der Waals surface area contributed by atoms with Gasteiger partial charge in [-0.1, -0.05) is 64.8 Å². The van der Waals surface area contributed by atoms with Gasteiger partial charge in [0, 0.05) is 11.0 Å². The molecular formula is C28H42O2. The minimum absolute atomic E-state index is 0.0140. The van der Waals surface area contributed by atoms with Crippen LogP contribution in [0.5, 0.6) is 0 Å². The first-order valence-corrected chi connectivity index (χ1v) is 12.4. The van der Waals surface area contributed by atoms with Gasteiger partial charge in [-0.25, -0.2) is 0 Å². The number of hydrogen-bond donors (Lipinski definition) is 1. The van der Waals surface area contributed by atoms with Gasteiger partial charge in [-0.2, -0.15) is 0 Å². The highest BCUT2D eigenvalue weighted by Gasteiger charge is 2.56. The smallest absolute Gasteiger partial charge is 0.182 e. The lowest BCUT2D eigenvalue weighted by Gasteiger charge is -2.51. The van der Waals surface area contributed by atoms with Gasteiger partial charge >= 0.3 is 0 Å². The Morgan fingerprint density at radius 3 is 2.50 bits per heavy atom. The lowest BCUT2D eigenvalue weighted by molar-refractivity contribution is -0.113. The van der Waals surface area contributed by atoms with Crippen molar-refractivity contribution in [2.24, 2.45) is 40.4 Å². The number of fused-ring (bicyclic) bond motifs is 4. The van der Waals surface area contributed by atoms with Gasteiger partial charge in [0.2, 0.25) is 0 Å². The fraction of sp³-hybridized carbons (Fsp3) is 0.750. The molecule has 30 heavy (non-hydrogen) atoms. The number of allylic oxidation sites excluding steroid dienone is 5. The number of carbonyl (C=O) groups is 1. The predicted octanol–water partition coefficient (Wildman–Crippen LogP) is 6.65. The Labute approximate surface area is 183 Å². The van der Waals surface area contributed by atoms with E-state index in [0.29, 0.717) is 36.0 Å². The molecule has 0 radical (unpaired) electrons. The van der Waals surface area contributed by atoms with Crippen molar-refractivity contribution in [3.63, 3.8) is 0 Å². The first-order chi connectivity index (χ1) is 14.1.